The van der Waals surface area contributed by atoms with Crippen molar-refractivity contribution < 1.29 is 10.0 Å². The van der Waals surface area contributed by atoms with Crippen LogP contribution in [0.15, 0.2) is 18.2 Å². The Morgan fingerprint density at radius 2 is 2.14 bits per heavy atom. The van der Waals surface area contributed by atoms with Crippen molar-refractivity contribution in [3.05, 3.63) is 29.3 Å². The van der Waals surface area contributed by atoms with E-state index in [0.717, 1.165) is 29.9 Å². The predicted octanol–water partition coefficient (Wildman–Crippen LogP) is 0.546. The van der Waals surface area contributed by atoms with E-state index in [4.69, 9.17) is 0 Å². The predicted molar refractivity (Wildman–Crippen MR) is 60.8 cm³/mol. The second-order valence-electron chi connectivity index (χ2n) is 3.51. The van der Waals surface area contributed by atoms with Crippen LogP contribution in [0.4, 0.5) is 0 Å². The number of benzene rings is 1. The Labute approximate surface area is 88.5 Å². The summed E-state index contributed by atoms with van der Waals surface area (Å²) in [4.78, 5) is 0. The Bertz CT molecular complexity index is 328. The highest BCUT2D eigenvalue weighted by molar-refractivity contribution is 7.98. The Morgan fingerprint density at radius 3 is 2.93 bits per heavy atom. The summed E-state index contributed by atoms with van der Waals surface area (Å²) in [5, 5.41) is 18.4. The van der Waals surface area contributed by atoms with Crippen molar-refractivity contribution in [2.45, 2.75) is 18.6 Å². The minimum atomic E-state index is -1.33. The van der Waals surface area contributed by atoms with Crippen molar-refractivity contribution in [1.82, 2.24) is 0 Å². The molecule has 0 bridgehead atoms. The van der Waals surface area contributed by atoms with Crippen molar-refractivity contribution in [3.63, 3.8) is 0 Å². The molecule has 0 fully saturated rings. The molecule has 0 saturated carbocycles. The quantitative estimate of drug-likeness (QED) is 0.662. The van der Waals surface area contributed by atoms with Gasteiger partial charge in [-0.2, -0.15) is 11.8 Å². The first kappa shape index (κ1) is 10.1. The molecule has 1 aliphatic rings. The molecule has 1 aromatic rings. The van der Waals surface area contributed by atoms with E-state index in [9.17, 15) is 10.0 Å². The molecular weight excluding hydrogens is 195 g/mol. The number of hydrogen-bond acceptors (Lipinski definition) is 3. The van der Waals surface area contributed by atoms with E-state index in [1.807, 2.05) is 17.8 Å². The van der Waals surface area contributed by atoms with Gasteiger partial charge in [0.05, 0.1) is 0 Å². The van der Waals surface area contributed by atoms with Gasteiger partial charge < -0.3 is 10.0 Å². The van der Waals surface area contributed by atoms with Crippen LogP contribution in [0.5, 0.6) is 0 Å². The number of fused-ring (bicyclic) bond motifs is 1. The van der Waals surface area contributed by atoms with Gasteiger partial charge in [0, 0.05) is 5.75 Å². The summed E-state index contributed by atoms with van der Waals surface area (Å²) in [6.07, 6.45) is 2.09. The zero-order chi connectivity index (χ0) is 9.97. The molecule has 0 spiro atoms. The fraction of sp³-hybridized carbons (Fsp3) is 0.400. The van der Waals surface area contributed by atoms with E-state index in [1.165, 1.54) is 5.56 Å². The molecule has 2 N–H and O–H groups in total. The maximum Gasteiger partial charge on any atom is 0.488 e. The van der Waals surface area contributed by atoms with Crippen molar-refractivity contribution in [3.8, 4) is 0 Å². The molecular formula is C10H13BO2S. The highest BCUT2D eigenvalue weighted by atomic mass is 32.2. The molecule has 0 saturated heterocycles. The van der Waals surface area contributed by atoms with Crippen LogP contribution in [0, 0.1) is 0 Å². The van der Waals surface area contributed by atoms with Crippen LogP contribution in [0.25, 0.3) is 0 Å². The first-order chi connectivity index (χ1) is 6.79. The summed E-state index contributed by atoms with van der Waals surface area (Å²) in [6, 6.07) is 5.79. The lowest BCUT2D eigenvalue weighted by atomic mass is 9.75. The Kier molecular flexibility index (Phi) is 3.16. The third-order valence-corrected chi connectivity index (χ3v) is 3.65. The topological polar surface area (TPSA) is 40.5 Å². The van der Waals surface area contributed by atoms with E-state index in [2.05, 4.69) is 6.07 Å². The van der Waals surface area contributed by atoms with Gasteiger partial charge in [-0.05, 0) is 35.2 Å². The molecule has 4 heteroatoms. The van der Waals surface area contributed by atoms with E-state index in [-0.39, 0.29) is 0 Å². The van der Waals surface area contributed by atoms with Crippen LogP contribution >= 0.6 is 11.8 Å². The van der Waals surface area contributed by atoms with Crippen LogP contribution in [-0.4, -0.2) is 22.9 Å². The molecule has 0 atom stereocenters. The van der Waals surface area contributed by atoms with Gasteiger partial charge in [-0.1, -0.05) is 18.2 Å². The van der Waals surface area contributed by atoms with Gasteiger partial charge in [0.1, 0.15) is 0 Å². The molecule has 1 aromatic carbocycles. The van der Waals surface area contributed by atoms with Gasteiger partial charge in [0.2, 0.25) is 0 Å². The lowest BCUT2D eigenvalue weighted by Gasteiger charge is -2.10. The molecule has 74 valence electrons. The Morgan fingerprint density at radius 1 is 1.29 bits per heavy atom. The molecule has 0 unspecified atom stereocenters. The fourth-order valence-electron chi connectivity index (χ4n) is 1.87. The van der Waals surface area contributed by atoms with Gasteiger partial charge in [0.25, 0.3) is 0 Å². The average molecular weight is 208 g/mol. The number of hydrogen-bond donors (Lipinski definition) is 2. The lowest BCUT2D eigenvalue weighted by Crippen LogP contribution is -2.33. The van der Waals surface area contributed by atoms with E-state index >= 15 is 0 Å². The molecule has 0 aromatic heterocycles. The molecule has 0 amide bonds. The number of thioether (sulfide) groups is 1. The van der Waals surface area contributed by atoms with Crippen molar-refractivity contribution in [1.29, 1.82) is 0 Å². The zero-order valence-corrected chi connectivity index (χ0v) is 8.76. The van der Waals surface area contributed by atoms with Gasteiger partial charge in [-0.3, -0.25) is 0 Å². The summed E-state index contributed by atoms with van der Waals surface area (Å²) in [7, 11) is -1.33. The first-order valence-corrected chi connectivity index (χ1v) is 5.99. The third kappa shape index (κ3) is 1.97. The monoisotopic (exact) mass is 208 g/mol. The molecule has 1 aliphatic heterocycles. The minimum absolute atomic E-state index is 0.685. The van der Waals surface area contributed by atoms with Crippen LogP contribution < -0.4 is 5.46 Å². The van der Waals surface area contributed by atoms with Gasteiger partial charge in [0.15, 0.2) is 0 Å². The minimum Gasteiger partial charge on any atom is -0.423 e. The lowest BCUT2D eigenvalue weighted by molar-refractivity contribution is 0.425. The maximum absolute atomic E-state index is 9.22. The molecule has 1 heterocycles. The standard InChI is InChI=1S/C10H13BO2S/c12-11(13)10-5-1-3-8-7-14-6-2-4-9(8)10/h1,3,5,12-13H,2,4,6-7H2. The van der Waals surface area contributed by atoms with E-state index in [1.54, 1.807) is 6.07 Å². The van der Waals surface area contributed by atoms with E-state index in [0.29, 0.717) is 5.46 Å². The van der Waals surface area contributed by atoms with Crippen LogP contribution in [0.3, 0.4) is 0 Å². The molecule has 2 rings (SSSR count). The second kappa shape index (κ2) is 4.38. The Balaban J connectivity index is 2.42. The van der Waals surface area contributed by atoms with E-state index < -0.39 is 7.12 Å². The van der Waals surface area contributed by atoms with Crippen LogP contribution in [0.1, 0.15) is 17.5 Å². The summed E-state index contributed by atoms with van der Waals surface area (Å²) in [5.41, 5.74) is 3.09. The van der Waals surface area contributed by atoms with Crippen molar-refractivity contribution >= 4 is 24.3 Å². The van der Waals surface area contributed by atoms with Crippen molar-refractivity contribution in [2.24, 2.45) is 0 Å². The fourth-order valence-corrected chi connectivity index (χ4v) is 2.85. The molecule has 14 heavy (non-hydrogen) atoms. The molecule has 0 aliphatic carbocycles. The summed E-state index contributed by atoms with van der Waals surface area (Å²) in [5.74, 6) is 2.16. The first-order valence-electron chi connectivity index (χ1n) is 4.83. The van der Waals surface area contributed by atoms with Crippen LogP contribution in [0.2, 0.25) is 0 Å². The zero-order valence-electron chi connectivity index (χ0n) is 7.94. The SMILES string of the molecule is OB(O)c1cccc2c1CCCSC2. The molecule has 2 nitrogen and oxygen atoms in total. The van der Waals surface area contributed by atoms with Crippen LogP contribution in [-0.2, 0) is 12.2 Å². The smallest absolute Gasteiger partial charge is 0.423 e. The molecule has 0 radical (unpaired) electrons. The Hall–Kier alpha value is -0.445. The second-order valence-corrected chi connectivity index (χ2v) is 4.62. The number of rotatable bonds is 1. The summed E-state index contributed by atoms with van der Waals surface area (Å²) in [6.45, 7) is 0. The van der Waals surface area contributed by atoms with Gasteiger partial charge in [-0.15, -0.1) is 0 Å². The highest BCUT2D eigenvalue weighted by Gasteiger charge is 2.19. The summed E-state index contributed by atoms with van der Waals surface area (Å²) >= 11 is 1.92. The largest absolute Gasteiger partial charge is 0.488 e. The van der Waals surface area contributed by atoms with Gasteiger partial charge >= 0.3 is 7.12 Å². The average Bonchev–Trinajstić information content (AvgIpc) is 2.41. The third-order valence-electron chi connectivity index (χ3n) is 2.56. The summed E-state index contributed by atoms with van der Waals surface area (Å²) < 4.78 is 0. The maximum atomic E-state index is 9.22. The van der Waals surface area contributed by atoms with Gasteiger partial charge in [-0.25, -0.2) is 0 Å². The van der Waals surface area contributed by atoms with Crippen molar-refractivity contribution in [2.75, 3.05) is 5.75 Å². The highest BCUT2D eigenvalue weighted by Crippen LogP contribution is 2.22. The normalized spacial score (nSPS) is 15.9.